The summed E-state index contributed by atoms with van der Waals surface area (Å²) in [7, 11) is 1.48. The Bertz CT molecular complexity index is 744. The molecule has 5 nitrogen and oxygen atoms in total. The SMILES string of the molecule is COc1ccc(O[C]=O)c(C(=O)Oc2ccccc2C(C)(C)C)c1. The average Bonchev–Trinajstić information content (AvgIpc) is 2.55. The molecular formula is C19H19O5. The minimum Gasteiger partial charge on any atom is -0.497 e. The van der Waals surface area contributed by atoms with Crippen LogP contribution in [0.3, 0.4) is 0 Å². The van der Waals surface area contributed by atoms with Gasteiger partial charge in [-0.1, -0.05) is 39.0 Å². The number of carbonyl (C=O) groups is 1. The van der Waals surface area contributed by atoms with Gasteiger partial charge in [-0.05, 0) is 29.7 Å². The zero-order valence-corrected chi connectivity index (χ0v) is 14.1. The highest BCUT2D eigenvalue weighted by Gasteiger charge is 2.22. The van der Waals surface area contributed by atoms with Crippen molar-refractivity contribution in [1.82, 2.24) is 0 Å². The van der Waals surface area contributed by atoms with Gasteiger partial charge in [0.25, 0.3) is 0 Å². The standard InChI is InChI=1S/C19H19O5/c1-19(2,3)15-7-5-6-8-17(15)24-18(21)14-11-13(22-4)9-10-16(14)23-12-20/h5-11H,1-4H3. The maximum absolute atomic E-state index is 12.6. The van der Waals surface area contributed by atoms with Crippen LogP contribution in [0.1, 0.15) is 36.7 Å². The number of para-hydroxylation sites is 1. The van der Waals surface area contributed by atoms with E-state index in [9.17, 15) is 9.59 Å². The molecule has 2 aromatic carbocycles. The highest BCUT2D eigenvalue weighted by Crippen LogP contribution is 2.32. The predicted molar refractivity (Wildman–Crippen MR) is 89.4 cm³/mol. The van der Waals surface area contributed by atoms with Gasteiger partial charge in [0.2, 0.25) is 0 Å². The van der Waals surface area contributed by atoms with Gasteiger partial charge in [-0.2, -0.15) is 0 Å². The fraction of sp³-hybridized carbons (Fsp3) is 0.263. The number of methoxy groups -OCH3 is 1. The van der Waals surface area contributed by atoms with E-state index in [0.717, 1.165) is 5.56 Å². The molecule has 0 aliphatic heterocycles. The maximum Gasteiger partial charge on any atom is 0.423 e. The Labute approximate surface area is 141 Å². The van der Waals surface area contributed by atoms with E-state index in [-0.39, 0.29) is 16.7 Å². The second-order valence-corrected chi connectivity index (χ2v) is 6.18. The van der Waals surface area contributed by atoms with Gasteiger partial charge in [0.1, 0.15) is 22.8 Å². The molecule has 24 heavy (non-hydrogen) atoms. The van der Waals surface area contributed by atoms with Gasteiger partial charge in [0.15, 0.2) is 0 Å². The second-order valence-electron chi connectivity index (χ2n) is 6.18. The first kappa shape index (κ1) is 17.5. The van der Waals surface area contributed by atoms with Crippen LogP contribution in [0.5, 0.6) is 17.2 Å². The maximum atomic E-state index is 12.6. The van der Waals surface area contributed by atoms with Gasteiger partial charge in [-0.25, -0.2) is 9.59 Å². The van der Waals surface area contributed by atoms with Crippen molar-refractivity contribution in [2.24, 2.45) is 0 Å². The molecule has 0 amide bonds. The summed E-state index contributed by atoms with van der Waals surface area (Å²) in [5.74, 6) is 0.322. The molecule has 2 rings (SSSR count). The van der Waals surface area contributed by atoms with Gasteiger partial charge in [-0.3, -0.25) is 0 Å². The molecule has 5 heteroatoms. The lowest BCUT2D eigenvalue weighted by Gasteiger charge is -2.22. The summed E-state index contributed by atoms with van der Waals surface area (Å²) < 4.78 is 15.4. The molecule has 0 saturated heterocycles. The third-order valence-electron chi connectivity index (χ3n) is 3.46. The Hall–Kier alpha value is -2.82. The normalized spacial score (nSPS) is 10.8. The first-order chi connectivity index (χ1) is 11.4. The number of benzene rings is 2. The van der Waals surface area contributed by atoms with Gasteiger partial charge in [0, 0.05) is 5.56 Å². The van der Waals surface area contributed by atoms with Crippen LogP contribution in [0, 0.1) is 0 Å². The smallest absolute Gasteiger partial charge is 0.423 e. The van der Waals surface area contributed by atoms with Crippen LogP contribution in [0.25, 0.3) is 0 Å². The van der Waals surface area contributed by atoms with Crippen LogP contribution in [0.2, 0.25) is 0 Å². The lowest BCUT2D eigenvalue weighted by atomic mass is 9.86. The summed E-state index contributed by atoms with van der Waals surface area (Å²) in [6.45, 7) is 7.40. The Kier molecular flexibility index (Phi) is 5.24. The molecule has 125 valence electrons. The molecular weight excluding hydrogens is 308 g/mol. The summed E-state index contributed by atoms with van der Waals surface area (Å²) in [4.78, 5) is 23.1. The average molecular weight is 327 g/mol. The van der Waals surface area contributed by atoms with E-state index in [0.29, 0.717) is 11.5 Å². The summed E-state index contributed by atoms with van der Waals surface area (Å²) in [6, 6.07) is 11.8. The second kappa shape index (κ2) is 7.17. The molecule has 0 heterocycles. The number of carbonyl (C=O) groups excluding carboxylic acids is 2. The van der Waals surface area contributed by atoms with E-state index < -0.39 is 5.97 Å². The highest BCUT2D eigenvalue weighted by molar-refractivity contribution is 5.95. The summed E-state index contributed by atoms with van der Waals surface area (Å²) in [5, 5.41) is 0. The van der Waals surface area contributed by atoms with Gasteiger partial charge in [0.05, 0.1) is 7.11 Å². The largest absolute Gasteiger partial charge is 0.497 e. The number of esters is 1. The molecule has 0 fully saturated rings. The first-order valence-electron chi connectivity index (χ1n) is 7.40. The molecule has 0 atom stereocenters. The van der Waals surface area contributed by atoms with Crippen LogP contribution >= 0.6 is 0 Å². The van der Waals surface area contributed by atoms with Crippen molar-refractivity contribution in [3.63, 3.8) is 0 Å². The van der Waals surface area contributed by atoms with Crippen molar-refractivity contribution in [2.75, 3.05) is 7.11 Å². The third kappa shape index (κ3) is 3.93. The summed E-state index contributed by atoms with van der Waals surface area (Å²) in [6.07, 6.45) is 0. The van der Waals surface area contributed by atoms with E-state index in [1.807, 2.05) is 32.9 Å². The zero-order chi connectivity index (χ0) is 17.7. The molecule has 0 unspecified atom stereocenters. The number of hydrogen-bond acceptors (Lipinski definition) is 5. The fourth-order valence-corrected chi connectivity index (χ4v) is 2.26. The minimum atomic E-state index is -0.643. The highest BCUT2D eigenvalue weighted by atomic mass is 16.5. The van der Waals surface area contributed by atoms with Crippen molar-refractivity contribution >= 4 is 12.4 Å². The Balaban J connectivity index is 2.39. The predicted octanol–water partition coefficient (Wildman–Crippen LogP) is 3.66. The minimum absolute atomic E-state index is 0.0593. The molecule has 0 N–H and O–H groups in total. The van der Waals surface area contributed by atoms with Crippen LogP contribution in [0.15, 0.2) is 42.5 Å². The topological polar surface area (TPSA) is 61.8 Å². The molecule has 2 aromatic rings. The monoisotopic (exact) mass is 327 g/mol. The van der Waals surface area contributed by atoms with Crippen molar-refractivity contribution in [3.05, 3.63) is 53.6 Å². The fourth-order valence-electron chi connectivity index (χ4n) is 2.26. The lowest BCUT2D eigenvalue weighted by Crippen LogP contribution is -2.17. The van der Waals surface area contributed by atoms with E-state index in [1.165, 1.54) is 25.7 Å². The van der Waals surface area contributed by atoms with Crippen LogP contribution in [0.4, 0.5) is 0 Å². The van der Waals surface area contributed by atoms with E-state index >= 15 is 0 Å². The van der Waals surface area contributed by atoms with Crippen molar-refractivity contribution in [1.29, 1.82) is 0 Å². The Morgan fingerprint density at radius 1 is 1.04 bits per heavy atom. The summed E-state index contributed by atoms with van der Waals surface area (Å²) >= 11 is 0. The molecule has 1 radical (unpaired) electrons. The van der Waals surface area contributed by atoms with Crippen molar-refractivity contribution in [2.45, 2.75) is 26.2 Å². The van der Waals surface area contributed by atoms with Crippen molar-refractivity contribution < 1.29 is 23.8 Å². The molecule has 0 aromatic heterocycles. The molecule has 0 aliphatic carbocycles. The quantitative estimate of drug-likeness (QED) is 0.619. The number of ether oxygens (including phenoxy) is 3. The number of hydrogen-bond donors (Lipinski definition) is 0. The van der Waals surface area contributed by atoms with Gasteiger partial charge in [-0.15, -0.1) is 0 Å². The Morgan fingerprint density at radius 2 is 1.75 bits per heavy atom. The summed E-state index contributed by atoms with van der Waals surface area (Å²) in [5.41, 5.74) is 0.785. The number of rotatable bonds is 5. The first-order valence-corrected chi connectivity index (χ1v) is 7.40. The lowest BCUT2D eigenvalue weighted by molar-refractivity contribution is 0.0729. The van der Waals surface area contributed by atoms with Gasteiger partial charge < -0.3 is 14.2 Å². The molecule has 0 spiro atoms. The molecule has 0 saturated carbocycles. The van der Waals surface area contributed by atoms with E-state index in [2.05, 4.69) is 0 Å². The van der Waals surface area contributed by atoms with Gasteiger partial charge >= 0.3 is 12.4 Å². The zero-order valence-electron chi connectivity index (χ0n) is 14.1. The van der Waals surface area contributed by atoms with Crippen molar-refractivity contribution in [3.8, 4) is 17.2 Å². The van der Waals surface area contributed by atoms with E-state index in [1.54, 1.807) is 18.2 Å². The van der Waals surface area contributed by atoms with Crippen LogP contribution in [-0.4, -0.2) is 19.6 Å². The van der Waals surface area contributed by atoms with Crippen LogP contribution < -0.4 is 14.2 Å². The molecule has 0 aliphatic rings. The third-order valence-corrected chi connectivity index (χ3v) is 3.46. The Morgan fingerprint density at radius 3 is 2.38 bits per heavy atom. The van der Waals surface area contributed by atoms with E-state index in [4.69, 9.17) is 14.2 Å². The van der Waals surface area contributed by atoms with Crippen LogP contribution in [-0.2, 0) is 10.2 Å². The molecule has 0 bridgehead atoms.